The van der Waals surface area contributed by atoms with Gasteiger partial charge < -0.3 is 10.5 Å². The molecule has 0 bridgehead atoms. The first-order valence-electron chi connectivity index (χ1n) is 6.62. The van der Waals surface area contributed by atoms with Crippen LogP contribution in [0.5, 0.6) is 5.75 Å². The molecule has 0 radical (unpaired) electrons. The molecule has 0 spiro atoms. The van der Waals surface area contributed by atoms with Gasteiger partial charge in [0.25, 0.3) is 0 Å². The highest BCUT2D eigenvalue weighted by molar-refractivity contribution is 5.91. The fourth-order valence-electron chi connectivity index (χ4n) is 1.95. The molecule has 0 aliphatic rings. The Hall–Kier alpha value is -3.28. The molecule has 0 saturated carbocycles. The third kappa shape index (κ3) is 4.36. The molecule has 0 aliphatic carbocycles. The zero-order chi connectivity index (χ0) is 17.7. The third-order valence-electron chi connectivity index (χ3n) is 2.94. The summed E-state index contributed by atoms with van der Waals surface area (Å²) in [5.41, 5.74) is 5.77. The number of guanidine groups is 1. The Morgan fingerprint density at radius 2 is 1.96 bits per heavy atom. The van der Waals surface area contributed by atoms with E-state index in [0.717, 1.165) is 0 Å². The first kappa shape index (κ1) is 17.1. The number of hydrogen-bond donors (Lipinski definition) is 2. The maximum Gasteiger partial charge on any atom is 0.573 e. The maximum absolute atomic E-state index is 12.5. The standard InChI is InChI=1S/C15H12F3N5O/c16-15(17,18)24-12-6-2-1-4-10(12)9-23(14(20)21)13-7-3-5-11(8-19)22-13/h1-7H,9H2,(H3,20,21). The number of nitrogens with two attached hydrogens (primary N) is 1. The number of benzene rings is 1. The molecule has 1 heterocycles. The van der Waals surface area contributed by atoms with Gasteiger partial charge in [-0.3, -0.25) is 10.3 Å². The molecule has 0 saturated heterocycles. The average molecular weight is 335 g/mol. The van der Waals surface area contributed by atoms with Gasteiger partial charge in [0.05, 0.1) is 6.54 Å². The summed E-state index contributed by atoms with van der Waals surface area (Å²) in [7, 11) is 0. The number of nitrogens with one attached hydrogen (secondary N) is 1. The summed E-state index contributed by atoms with van der Waals surface area (Å²) in [5, 5.41) is 16.5. The van der Waals surface area contributed by atoms with Gasteiger partial charge in [0.15, 0.2) is 5.96 Å². The average Bonchev–Trinajstić information content (AvgIpc) is 2.52. The summed E-state index contributed by atoms with van der Waals surface area (Å²) in [6, 6.07) is 11.9. The topological polar surface area (TPSA) is 99.0 Å². The predicted molar refractivity (Wildman–Crippen MR) is 80.2 cm³/mol. The van der Waals surface area contributed by atoms with E-state index in [-0.39, 0.29) is 23.6 Å². The molecule has 2 aromatic rings. The van der Waals surface area contributed by atoms with E-state index >= 15 is 0 Å². The number of pyridine rings is 1. The molecule has 1 aromatic carbocycles. The van der Waals surface area contributed by atoms with Crippen molar-refractivity contribution in [2.45, 2.75) is 12.9 Å². The van der Waals surface area contributed by atoms with Gasteiger partial charge in [-0.25, -0.2) is 4.98 Å². The highest BCUT2D eigenvalue weighted by atomic mass is 19.4. The lowest BCUT2D eigenvalue weighted by atomic mass is 10.2. The van der Waals surface area contributed by atoms with Crippen molar-refractivity contribution in [3.63, 3.8) is 0 Å². The van der Waals surface area contributed by atoms with E-state index in [1.807, 2.05) is 6.07 Å². The molecule has 0 amide bonds. The number of rotatable bonds is 4. The number of aromatic nitrogens is 1. The van der Waals surface area contributed by atoms with Crippen LogP contribution in [0.2, 0.25) is 0 Å². The Bertz CT molecular complexity index is 785. The number of hydrogen-bond acceptors (Lipinski definition) is 4. The molecule has 24 heavy (non-hydrogen) atoms. The van der Waals surface area contributed by atoms with Crippen LogP contribution in [-0.2, 0) is 6.54 Å². The Labute approximate surface area is 135 Å². The number of nitrogens with zero attached hydrogens (tertiary/aromatic N) is 3. The van der Waals surface area contributed by atoms with Crippen molar-refractivity contribution < 1.29 is 17.9 Å². The first-order chi connectivity index (χ1) is 11.3. The number of anilines is 1. The van der Waals surface area contributed by atoms with Crippen LogP contribution in [0, 0.1) is 16.7 Å². The van der Waals surface area contributed by atoms with Crippen molar-refractivity contribution in [2.24, 2.45) is 5.73 Å². The number of para-hydroxylation sites is 1. The van der Waals surface area contributed by atoms with Crippen molar-refractivity contribution in [1.82, 2.24) is 4.98 Å². The van der Waals surface area contributed by atoms with E-state index < -0.39 is 18.1 Å². The second-order valence-corrected chi connectivity index (χ2v) is 4.62. The van der Waals surface area contributed by atoms with Crippen molar-refractivity contribution in [2.75, 3.05) is 4.90 Å². The van der Waals surface area contributed by atoms with E-state index in [2.05, 4.69) is 9.72 Å². The van der Waals surface area contributed by atoms with E-state index in [1.165, 1.54) is 47.4 Å². The Morgan fingerprint density at radius 1 is 1.25 bits per heavy atom. The van der Waals surface area contributed by atoms with Gasteiger partial charge >= 0.3 is 6.36 Å². The number of nitriles is 1. The minimum atomic E-state index is -4.84. The smallest absolute Gasteiger partial charge is 0.405 e. The summed E-state index contributed by atoms with van der Waals surface area (Å²) in [6.07, 6.45) is -4.84. The van der Waals surface area contributed by atoms with E-state index in [0.29, 0.717) is 0 Å². The van der Waals surface area contributed by atoms with Crippen molar-refractivity contribution >= 4 is 11.8 Å². The number of ether oxygens (including phenoxy) is 1. The van der Waals surface area contributed by atoms with Crippen molar-refractivity contribution in [3.05, 3.63) is 53.7 Å². The molecule has 9 heteroatoms. The highest BCUT2D eigenvalue weighted by Crippen LogP contribution is 2.28. The summed E-state index contributed by atoms with van der Waals surface area (Å²) < 4.78 is 41.4. The molecule has 0 unspecified atom stereocenters. The van der Waals surface area contributed by atoms with Gasteiger partial charge in [-0.2, -0.15) is 5.26 Å². The molecular weight excluding hydrogens is 323 g/mol. The predicted octanol–water partition coefficient (Wildman–Crippen LogP) is 2.75. The molecule has 0 fully saturated rings. The maximum atomic E-state index is 12.5. The van der Waals surface area contributed by atoms with E-state index in [9.17, 15) is 13.2 Å². The summed E-state index contributed by atoms with van der Waals surface area (Å²) in [6.45, 7) is -0.177. The van der Waals surface area contributed by atoms with Crippen LogP contribution < -0.4 is 15.4 Å². The molecular formula is C15H12F3N5O. The Kier molecular flexibility index (Phi) is 4.89. The van der Waals surface area contributed by atoms with Crippen LogP contribution in [0.4, 0.5) is 19.0 Å². The molecule has 3 N–H and O–H groups in total. The second kappa shape index (κ2) is 6.87. The largest absolute Gasteiger partial charge is 0.573 e. The number of alkyl halides is 3. The lowest BCUT2D eigenvalue weighted by Gasteiger charge is -2.23. The molecule has 124 valence electrons. The van der Waals surface area contributed by atoms with Gasteiger partial charge in [-0.15, -0.1) is 13.2 Å². The zero-order valence-corrected chi connectivity index (χ0v) is 12.2. The van der Waals surface area contributed by atoms with Gasteiger partial charge in [0.1, 0.15) is 23.3 Å². The molecule has 0 aliphatic heterocycles. The van der Waals surface area contributed by atoms with E-state index in [1.54, 1.807) is 0 Å². The van der Waals surface area contributed by atoms with Crippen molar-refractivity contribution in [3.8, 4) is 11.8 Å². The zero-order valence-electron chi connectivity index (χ0n) is 12.2. The first-order valence-corrected chi connectivity index (χ1v) is 6.62. The summed E-state index contributed by atoms with van der Waals surface area (Å²) in [5.74, 6) is -0.657. The Balaban J connectivity index is 2.36. The minimum absolute atomic E-state index is 0.0959. The quantitative estimate of drug-likeness (QED) is 0.661. The van der Waals surface area contributed by atoms with Crippen LogP contribution >= 0.6 is 0 Å². The van der Waals surface area contributed by atoms with Crippen LogP contribution in [0.1, 0.15) is 11.3 Å². The minimum Gasteiger partial charge on any atom is -0.405 e. The SMILES string of the molecule is N#Cc1cccc(N(Cc2ccccc2OC(F)(F)F)C(=N)N)n1. The van der Waals surface area contributed by atoms with Crippen LogP contribution in [0.15, 0.2) is 42.5 Å². The van der Waals surface area contributed by atoms with Gasteiger partial charge in [0, 0.05) is 5.56 Å². The van der Waals surface area contributed by atoms with Crippen LogP contribution in [-0.4, -0.2) is 17.3 Å². The van der Waals surface area contributed by atoms with Gasteiger partial charge in [-0.1, -0.05) is 24.3 Å². The summed E-state index contributed by atoms with van der Waals surface area (Å²) >= 11 is 0. The lowest BCUT2D eigenvalue weighted by molar-refractivity contribution is -0.274. The van der Waals surface area contributed by atoms with Gasteiger partial charge in [-0.05, 0) is 18.2 Å². The Morgan fingerprint density at radius 3 is 2.58 bits per heavy atom. The van der Waals surface area contributed by atoms with Crippen LogP contribution in [0.3, 0.4) is 0 Å². The fraction of sp³-hybridized carbons (Fsp3) is 0.133. The number of halogens is 3. The monoisotopic (exact) mass is 335 g/mol. The normalized spacial score (nSPS) is 10.8. The van der Waals surface area contributed by atoms with E-state index in [4.69, 9.17) is 16.4 Å². The molecule has 1 aromatic heterocycles. The second-order valence-electron chi connectivity index (χ2n) is 4.62. The fourth-order valence-corrected chi connectivity index (χ4v) is 1.95. The lowest BCUT2D eigenvalue weighted by Crippen LogP contribution is -2.36. The summed E-state index contributed by atoms with van der Waals surface area (Å²) in [4.78, 5) is 5.16. The highest BCUT2D eigenvalue weighted by Gasteiger charge is 2.32. The molecule has 2 rings (SSSR count). The van der Waals surface area contributed by atoms with Crippen LogP contribution in [0.25, 0.3) is 0 Å². The van der Waals surface area contributed by atoms with Crippen molar-refractivity contribution in [1.29, 1.82) is 10.7 Å². The molecule has 6 nitrogen and oxygen atoms in total. The third-order valence-corrected chi connectivity index (χ3v) is 2.94. The van der Waals surface area contributed by atoms with Gasteiger partial charge in [0.2, 0.25) is 0 Å². The molecule has 0 atom stereocenters.